The molecule has 1 heterocycles. The summed E-state index contributed by atoms with van der Waals surface area (Å²) < 4.78 is 0. The Kier molecular flexibility index (Phi) is 4.07. The maximum Gasteiger partial charge on any atom is 0.311 e. The van der Waals surface area contributed by atoms with E-state index in [9.17, 15) is 10.1 Å². The highest BCUT2D eigenvalue weighted by Gasteiger charge is 2.13. The molecule has 0 aliphatic carbocycles. The molecule has 0 aliphatic heterocycles. The first-order chi connectivity index (χ1) is 9.88. The van der Waals surface area contributed by atoms with Gasteiger partial charge in [0.25, 0.3) is 0 Å². The number of anilines is 2. The molecule has 0 aliphatic rings. The molecule has 21 heavy (non-hydrogen) atoms. The number of pyridine rings is 1. The third-order valence-electron chi connectivity index (χ3n) is 3.39. The van der Waals surface area contributed by atoms with Gasteiger partial charge in [0, 0.05) is 12.6 Å². The molecule has 6 nitrogen and oxygen atoms in total. The van der Waals surface area contributed by atoms with Gasteiger partial charge >= 0.3 is 5.69 Å². The molecule has 1 aromatic carbocycles. The summed E-state index contributed by atoms with van der Waals surface area (Å²) in [5, 5.41) is 13.9. The second kappa shape index (κ2) is 5.78. The number of nitro groups is 1. The lowest BCUT2D eigenvalue weighted by molar-refractivity contribution is -0.384. The predicted octanol–water partition coefficient (Wildman–Crippen LogP) is 3.11. The number of hydrogen-bond donors (Lipinski definition) is 2. The van der Waals surface area contributed by atoms with Crippen molar-refractivity contribution in [3.05, 3.63) is 56.6 Å². The number of nitrogens with two attached hydrogens (primary N) is 1. The third kappa shape index (κ3) is 3.28. The molecule has 0 unspecified atom stereocenters. The molecule has 110 valence electrons. The standard InChI is InChI=1S/C15H18N4O2/c1-9-6-10(2)12(11(3)7-9)8-17-14-5-4-13(19(20)21)15(16)18-14/h4-7H,8H2,1-3H3,(H3,16,17,18). The van der Waals surface area contributed by atoms with Gasteiger partial charge in [-0.2, -0.15) is 0 Å². The lowest BCUT2D eigenvalue weighted by Crippen LogP contribution is -2.07. The first-order valence-electron chi connectivity index (χ1n) is 6.60. The largest absolute Gasteiger partial charge is 0.378 e. The molecule has 0 fully saturated rings. The van der Waals surface area contributed by atoms with Crippen LogP contribution in [0.4, 0.5) is 17.3 Å². The van der Waals surface area contributed by atoms with Crippen molar-refractivity contribution in [2.45, 2.75) is 27.3 Å². The monoisotopic (exact) mass is 286 g/mol. The summed E-state index contributed by atoms with van der Waals surface area (Å²) in [5.41, 5.74) is 10.2. The number of aryl methyl sites for hydroxylation is 3. The van der Waals surface area contributed by atoms with Gasteiger partial charge < -0.3 is 11.1 Å². The van der Waals surface area contributed by atoms with E-state index in [2.05, 4.69) is 43.2 Å². The minimum absolute atomic E-state index is 0.0812. The molecule has 0 amide bonds. The van der Waals surface area contributed by atoms with Gasteiger partial charge in [0.05, 0.1) is 4.92 Å². The summed E-state index contributed by atoms with van der Waals surface area (Å²) in [7, 11) is 0. The molecule has 0 spiro atoms. The van der Waals surface area contributed by atoms with Crippen LogP contribution in [0.3, 0.4) is 0 Å². The molecule has 0 radical (unpaired) electrons. The molecule has 1 aromatic heterocycles. The number of nitrogen functional groups attached to an aromatic ring is 1. The first kappa shape index (κ1) is 14.8. The Bertz CT molecular complexity index is 675. The zero-order chi connectivity index (χ0) is 15.6. The first-order valence-corrected chi connectivity index (χ1v) is 6.60. The molecular weight excluding hydrogens is 268 g/mol. The minimum atomic E-state index is -0.541. The normalized spacial score (nSPS) is 10.4. The Hall–Kier alpha value is -2.63. The lowest BCUT2D eigenvalue weighted by Gasteiger charge is -2.13. The van der Waals surface area contributed by atoms with Crippen LogP contribution in [0.1, 0.15) is 22.3 Å². The number of rotatable bonds is 4. The highest BCUT2D eigenvalue weighted by atomic mass is 16.6. The van der Waals surface area contributed by atoms with E-state index < -0.39 is 4.92 Å². The molecule has 0 bridgehead atoms. The SMILES string of the molecule is Cc1cc(C)c(CNc2ccc([N+](=O)[O-])c(N)n2)c(C)c1. The van der Waals surface area contributed by atoms with Crippen LogP contribution in [0.25, 0.3) is 0 Å². The van der Waals surface area contributed by atoms with Crippen molar-refractivity contribution in [1.82, 2.24) is 4.98 Å². The van der Waals surface area contributed by atoms with Crippen molar-refractivity contribution in [1.29, 1.82) is 0 Å². The van der Waals surface area contributed by atoms with Crippen LogP contribution in [0.15, 0.2) is 24.3 Å². The van der Waals surface area contributed by atoms with Gasteiger partial charge in [0.2, 0.25) is 5.82 Å². The quantitative estimate of drug-likeness (QED) is 0.665. The van der Waals surface area contributed by atoms with Crippen LogP contribution in [0.5, 0.6) is 0 Å². The fourth-order valence-electron chi connectivity index (χ4n) is 2.39. The van der Waals surface area contributed by atoms with E-state index in [4.69, 9.17) is 5.73 Å². The van der Waals surface area contributed by atoms with E-state index in [1.807, 2.05) is 0 Å². The summed E-state index contributed by atoms with van der Waals surface area (Å²) in [6.45, 7) is 6.79. The fraction of sp³-hybridized carbons (Fsp3) is 0.267. The molecule has 6 heteroatoms. The third-order valence-corrected chi connectivity index (χ3v) is 3.39. The van der Waals surface area contributed by atoms with Crippen LogP contribution < -0.4 is 11.1 Å². The van der Waals surface area contributed by atoms with Crippen molar-refractivity contribution in [2.24, 2.45) is 0 Å². The van der Waals surface area contributed by atoms with Gasteiger partial charge in [-0.05, 0) is 43.5 Å². The van der Waals surface area contributed by atoms with Crippen LogP contribution >= 0.6 is 0 Å². The van der Waals surface area contributed by atoms with E-state index in [0.717, 1.165) is 0 Å². The van der Waals surface area contributed by atoms with Crippen molar-refractivity contribution in [3.8, 4) is 0 Å². The topological polar surface area (TPSA) is 94.1 Å². The predicted molar refractivity (Wildman–Crippen MR) is 83.3 cm³/mol. The molecule has 3 N–H and O–H groups in total. The number of benzene rings is 1. The Morgan fingerprint density at radius 3 is 2.38 bits per heavy atom. The van der Waals surface area contributed by atoms with Crippen molar-refractivity contribution < 1.29 is 4.92 Å². The van der Waals surface area contributed by atoms with Gasteiger partial charge in [0.1, 0.15) is 5.82 Å². The fourth-order valence-corrected chi connectivity index (χ4v) is 2.39. The number of nitrogens with one attached hydrogen (secondary N) is 1. The molecule has 0 atom stereocenters. The van der Waals surface area contributed by atoms with E-state index in [1.165, 1.54) is 28.3 Å². The maximum atomic E-state index is 10.7. The molecule has 2 rings (SSSR count). The second-order valence-corrected chi connectivity index (χ2v) is 5.09. The highest BCUT2D eigenvalue weighted by Crippen LogP contribution is 2.22. The summed E-state index contributed by atoms with van der Waals surface area (Å²) in [5.74, 6) is 0.444. The van der Waals surface area contributed by atoms with E-state index in [1.54, 1.807) is 6.07 Å². The van der Waals surface area contributed by atoms with E-state index >= 15 is 0 Å². The maximum absolute atomic E-state index is 10.7. The van der Waals surface area contributed by atoms with Gasteiger partial charge in [-0.1, -0.05) is 17.7 Å². The Balaban J connectivity index is 2.17. The smallest absolute Gasteiger partial charge is 0.311 e. The van der Waals surface area contributed by atoms with E-state index in [0.29, 0.717) is 12.4 Å². The van der Waals surface area contributed by atoms with Gasteiger partial charge in [0.15, 0.2) is 0 Å². The van der Waals surface area contributed by atoms with Gasteiger partial charge in [-0.25, -0.2) is 4.98 Å². The van der Waals surface area contributed by atoms with Crippen LogP contribution in [-0.2, 0) is 6.54 Å². The Labute approximate surface area is 123 Å². The van der Waals surface area contributed by atoms with Crippen LogP contribution in [0, 0.1) is 30.9 Å². The van der Waals surface area contributed by atoms with Crippen LogP contribution in [0.2, 0.25) is 0 Å². The number of aromatic nitrogens is 1. The van der Waals surface area contributed by atoms with Gasteiger partial charge in [-0.15, -0.1) is 0 Å². The highest BCUT2D eigenvalue weighted by molar-refractivity contribution is 5.57. The van der Waals surface area contributed by atoms with Crippen molar-refractivity contribution >= 4 is 17.3 Å². The summed E-state index contributed by atoms with van der Waals surface area (Å²) in [6.07, 6.45) is 0. The summed E-state index contributed by atoms with van der Waals surface area (Å²) >= 11 is 0. The zero-order valence-electron chi connectivity index (χ0n) is 12.3. The second-order valence-electron chi connectivity index (χ2n) is 5.09. The summed E-state index contributed by atoms with van der Waals surface area (Å²) in [6, 6.07) is 7.18. The average molecular weight is 286 g/mol. The molecule has 0 saturated heterocycles. The van der Waals surface area contributed by atoms with Gasteiger partial charge in [-0.3, -0.25) is 10.1 Å². The average Bonchev–Trinajstić information content (AvgIpc) is 2.36. The van der Waals surface area contributed by atoms with Crippen molar-refractivity contribution in [2.75, 3.05) is 11.1 Å². The number of nitrogens with zero attached hydrogens (tertiary/aromatic N) is 2. The molecule has 2 aromatic rings. The summed E-state index contributed by atoms with van der Waals surface area (Å²) in [4.78, 5) is 14.2. The van der Waals surface area contributed by atoms with Crippen LogP contribution in [-0.4, -0.2) is 9.91 Å². The van der Waals surface area contributed by atoms with E-state index in [-0.39, 0.29) is 11.5 Å². The minimum Gasteiger partial charge on any atom is -0.378 e. The Morgan fingerprint density at radius 1 is 1.24 bits per heavy atom. The lowest BCUT2D eigenvalue weighted by atomic mass is 10.00. The number of hydrogen-bond acceptors (Lipinski definition) is 5. The molecule has 0 saturated carbocycles. The Morgan fingerprint density at radius 2 is 1.86 bits per heavy atom. The molecular formula is C15H18N4O2. The zero-order valence-corrected chi connectivity index (χ0v) is 12.3. The van der Waals surface area contributed by atoms with Crippen molar-refractivity contribution in [3.63, 3.8) is 0 Å².